The van der Waals surface area contributed by atoms with Gasteiger partial charge in [-0.3, -0.25) is 0 Å². The van der Waals surface area contributed by atoms with E-state index >= 15 is 0 Å². The first-order chi connectivity index (χ1) is 12.2. The highest BCUT2D eigenvalue weighted by Crippen LogP contribution is 2.31. The van der Waals surface area contributed by atoms with Crippen molar-refractivity contribution in [3.8, 4) is 10.6 Å². The van der Waals surface area contributed by atoms with E-state index in [1.807, 2.05) is 24.3 Å². The Balaban J connectivity index is 1.49. The number of hydrogen-bond donors (Lipinski definition) is 1. The van der Waals surface area contributed by atoms with Crippen LogP contribution in [0.4, 0.5) is 10.5 Å². The predicted molar refractivity (Wildman–Crippen MR) is 101 cm³/mol. The lowest BCUT2D eigenvalue weighted by Gasteiger charge is -2.26. The van der Waals surface area contributed by atoms with Gasteiger partial charge in [0.2, 0.25) is 0 Å². The summed E-state index contributed by atoms with van der Waals surface area (Å²) >= 11 is 1.69. The van der Waals surface area contributed by atoms with Gasteiger partial charge in [-0.25, -0.2) is 9.78 Å². The van der Waals surface area contributed by atoms with E-state index in [2.05, 4.69) is 30.4 Å². The fraction of sp³-hybridized carbons (Fsp3) is 0.263. The largest absolute Gasteiger partial charge is 0.378 e. The molecule has 3 aromatic rings. The second-order valence-corrected chi connectivity index (χ2v) is 7.13. The van der Waals surface area contributed by atoms with Crippen LogP contribution in [0.3, 0.4) is 0 Å². The number of aryl methyl sites for hydroxylation is 1. The number of rotatable bonds is 2. The molecule has 1 N–H and O–H groups in total. The molecule has 5 nitrogen and oxygen atoms in total. The van der Waals surface area contributed by atoms with Crippen molar-refractivity contribution in [1.29, 1.82) is 0 Å². The number of morpholine rings is 1. The average molecular weight is 353 g/mol. The van der Waals surface area contributed by atoms with E-state index < -0.39 is 0 Å². The normalized spacial score (nSPS) is 14.7. The van der Waals surface area contributed by atoms with Gasteiger partial charge in [0.05, 0.1) is 23.4 Å². The minimum absolute atomic E-state index is 0.0773. The molecule has 1 fully saturated rings. The van der Waals surface area contributed by atoms with E-state index in [-0.39, 0.29) is 6.03 Å². The third kappa shape index (κ3) is 3.50. The highest BCUT2D eigenvalue weighted by Gasteiger charge is 2.16. The first-order valence-corrected chi connectivity index (χ1v) is 9.12. The molecule has 1 saturated heterocycles. The first kappa shape index (κ1) is 16.1. The Labute approximate surface area is 150 Å². The van der Waals surface area contributed by atoms with Gasteiger partial charge in [-0.05, 0) is 48.9 Å². The molecule has 1 aliphatic rings. The van der Waals surface area contributed by atoms with Gasteiger partial charge in [0.25, 0.3) is 0 Å². The van der Waals surface area contributed by atoms with Crippen LogP contribution < -0.4 is 5.32 Å². The molecule has 0 unspecified atom stereocenters. The molecule has 0 spiro atoms. The summed E-state index contributed by atoms with van der Waals surface area (Å²) in [5.41, 5.74) is 4.11. The molecular formula is C19H19N3O2S. The minimum Gasteiger partial charge on any atom is -0.378 e. The van der Waals surface area contributed by atoms with Gasteiger partial charge in [-0.1, -0.05) is 6.07 Å². The van der Waals surface area contributed by atoms with Crippen molar-refractivity contribution in [3.05, 3.63) is 48.0 Å². The number of anilines is 1. The average Bonchev–Trinajstić information content (AvgIpc) is 3.06. The van der Waals surface area contributed by atoms with Gasteiger partial charge in [-0.2, -0.15) is 0 Å². The minimum atomic E-state index is -0.0773. The van der Waals surface area contributed by atoms with Crippen molar-refractivity contribution >= 4 is 33.3 Å². The third-order valence-electron chi connectivity index (χ3n) is 4.23. The summed E-state index contributed by atoms with van der Waals surface area (Å²) in [6, 6.07) is 14.1. The lowest BCUT2D eigenvalue weighted by molar-refractivity contribution is 0.0564. The number of carbonyl (C=O) groups excluding carboxylic acids is 1. The number of fused-ring (bicyclic) bond motifs is 1. The molecule has 2 heterocycles. The van der Waals surface area contributed by atoms with E-state index in [1.165, 1.54) is 10.3 Å². The number of nitrogens with one attached hydrogen (secondary N) is 1. The van der Waals surface area contributed by atoms with Gasteiger partial charge in [0.1, 0.15) is 5.01 Å². The van der Waals surface area contributed by atoms with Crippen LogP contribution in [0, 0.1) is 6.92 Å². The van der Waals surface area contributed by atoms with Crippen LogP contribution in [0.15, 0.2) is 42.5 Å². The second-order valence-electron chi connectivity index (χ2n) is 6.10. The molecule has 0 radical (unpaired) electrons. The van der Waals surface area contributed by atoms with Gasteiger partial charge in [0.15, 0.2) is 0 Å². The van der Waals surface area contributed by atoms with Crippen molar-refractivity contribution in [2.24, 2.45) is 0 Å². The molecule has 4 rings (SSSR count). The summed E-state index contributed by atoms with van der Waals surface area (Å²) in [4.78, 5) is 18.7. The molecule has 1 aromatic heterocycles. The lowest BCUT2D eigenvalue weighted by atomic mass is 10.2. The number of carbonyl (C=O) groups is 1. The summed E-state index contributed by atoms with van der Waals surface area (Å²) in [6.45, 7) is 4.56. The zero-order valence-electron chi connectivity index (χ0n) is 14.0. The van der Waals surface area contributed by atoms with Crippen LogP contribution in [-0.4, -0.2) is 42.2 Å². The fourth-order valence-corrected chi connectivity index (χ4v) is 3.89. The molecule has 1 aliphatic heterocycles. The van der Waals surface area contributed by atoms with Crippen molar-refractivity contribution in [3.63, 3.8) is 0 Å². The summed E-state index contributed by atoms with van der Waals surface area (Å²) in [6.07, 6.45) is 0. The van der Waals surface area contributed by atoms with E-state index in [0.29, 0.717) is 26.3 Å². The summed E-state index contributed by atoms with van der Waals surface area (Å²) in [7, 11) is 0. The molecular weight excluding hydrogens is 334 g/mol. The topological polar surface area (TPSA) is 54.5 Å². The zero-order valence-corrected chi connectivity index (χ0v) is 14.8. The van der Waals surface area contributed by atoms with Crippen LogP contribution in [-0.2, 0) is 4.74 Å². The van der Waals surface area contributed by atoms with E-state index in [9.17, 15) is 4.79 Å². The number of amides is 2. The number of ether oxygens (including phenoxy) is 1. The van der Waals surface area contributed by atoms with Crippen molar-refractivity contribution in [2.75, 3.05) is 31.6 Å². The Morgan fingerprint density at radius 2 is 1.92 bits per heavy atom. The number of aromatic nitrogens is 1. The number of nitrogens with zero attached hydrogens (tertiary/aromatic N) is 2. The maximum Gasteiger partial charge on any atom is 0.321 e. The first-order valence-electron chi connectivity index (χ1n) is 8.30. The highest BCUT2D eigenvalue weighted by molar-refractivity contribution is 7.21. The van der Waals surface area contributed by atoms with Crippen LogP contribution in [0.5, 0.6) is 0 Å². The predicted octanol–water partition coefficient (Wildman–Crippen LogP) is 4.14. The van der Waals surface area contributed by atoms with Gasteiger partial charge in [-0.15, -0.1) is 11.3 Å². The standard InChI is InChI=1S/C19H19N3O2S/c1-13-2-7-16-17(12-13)25-18(21-16)14-3-5-15(6-4-14)20-19(23)22-8-10-24-11-9-22/h2-7,12H,8-11H2,1H3,(H,20,23). The SMILES string of the molecule is Cc1ccc2nc(-c3ccc(NC(=O)N4CCOCC4)cc3)sc2c1. The Bertz CT molecular complexity index is 899. The monoisotopic (exact) mass is 353 g/mol. The zero-order chi connectivity index (χ0) is 17.2. The molecule has 2 amide bonds. The number of hydrogen-bond acceptors (Lipinski definition) is 4. The molecule has 25 heavy (non-hydrogen) atoms. The Morgan fingerprint density at radius 1 is 1.16 bits per heavy atom. The lowest BCUT2D eigenvalue weighted by Crippen LogP contribution is -2.43. The second kappa shape index (κ2) is 6.82. The Morgan fingerprint density at radius 3 is 2.68 bits per heavy atom. The Kier molecular flexibility index (Phi) is 4.38. The molecule has 0 aliphatic carbocycles. The molecule has 0 bridgehead atoms. The quantitative estimate of drug-likeness (QED) is 0.753. The number of urea groups is 1. The summed E-state index contributed by atoms with van der Waals surface area (Å²) in [5, 5.41) is 3.93. The van der Waals surface area contributed by atoms with Gasteiger partial charge < -0.3 is 15.0 Å². The number of thiazole rings is 1. The number of benzene rings is 2. The van der Waals surface area contributed by atoms with E-state index in [0.717, 1.165) is 21.8 Å². The maximum absolute atomic E-state index is 12.2. The summed E-state index contributed by atoms with van der Waals surface area (Å²) in [5.74, 6) is 0. The van der Waals surface area contributed by atoms with Crippen LogP contribution in [0.2, 0.25) is 0 Å². The Hall–Kier alpha value is -2.44. The van der Waals surface area contributed by atoms with Crippen molar-refractivity contribution in [1.82, 2.24) is 9.88 Å². The van der Waals surface area contributed by atoms with Crippen LogP contribution in [0.25, 0.3) is 20.8 Å². The smallest absolute Gasteiger partial charge is 0.321 e. The van der Waals surface area contributed by atoms with Crippen molar-refractivity contribution in [2.45, 2.75) is 6.92 Å². The molecule has 128 valence electrons. The molecule has 0 saturated carbocycles. The van der Waals surface area contributed by atoms with Crippen molar-refractivity contribution < 1.29 is 9.53 Å². The highest BCUT2D eigenvalue weighted by atomic mass is 32.1. The molecule has 0 atom stereocenters. The van der Waals surface area contributed by atoms with Gasteiger partial charge in [0, 0.05) is 24.3 Å². The van der Waals surface area contributed by atoms with E-state index in [1.54, 1.807) is 16.2 Å². The van der Waals surface area contributed by atoms with Crippen LogP contribution in [0.1, 0.15) is 5.56 Å². The summed E-state index contributed by atoms with van der Waals surface area (Å²) < 4.78 is 6.46. The fourth-order valence-electron chi connectivity index (χ4n) is 2.82. The molecule has 2 aromatic carbocycles. The third-order valence-corrected chi connectivity index (χ3v) is 5.29. The van der Waals surface area contributed by atoms with E-state index in [4.69, 9.17) is 9.72 Å². The van der Waals surface area contributed by atoms with Crippen LogP contribution >= 0.6 is 11.3 Å². The maximum atomic E-state index is 12.2. The molecule has 6 heteroatoms. The van der Waals surface area contributed by atoms with Gasteiger partial charge >= 0.3 is 6.03 Å².